The quantitative estimate of drug-likeness (QED) is 0.0498. The van der Waals surface area contributed by atoms with Crippen LogP contribution in [0.4, 0.5) is 22.0 Å². The summed E-state index contributed by atoms with van der Waals surface area (Å²) >= 11 is 0. The van der Waals surface area contributed by atoms with Crippen LogP contribution in [0.15, 0.2) is 0 Å². The number of carbonyl (C=O) groups is 1. The van der Waals surface area contributed by atoms with Gasteiger partial charge in [0.15, 0.2) is 0 Å². The Morgan fingerprint density at radius 3 is 1.11 bits per heavy atom. The number of aliphatic hydroxyl groups is 1. The highest BCUT2D eigenvalue weighted by atomic mass is 19.2. The number of ether oxygens (including phenoxy) is 8. The highest BCUT2D eigenvalue weighted by molar-refractivity contribution is 5.72. The minimum Gasteiger partial charge on any atom is -0.420 e. The van der Waals surface area contributed by atoms with Gasteiger partial charge in [-0.2, -0.15) is 8.78 Å². The monoisotopic (exact) mass is 564 g/mol. The second-order valence-electron chi connectivity index (χ2n) is 7.13. The smallest absolute Gasteiger partial charge is 0.313 e. The molecule has 0 fully saturated rings. The topological polar surface area (TPSA) is 111 Å². The lowest BCUT2D eigenvalue weighted by molar-refractivity contribution is -0.136. The lowest BCUT2D eigenvalue weighted by Gasteiger charge is -2.09. The maximum atomic E-state index is 13.5. The number of hydrogen-bond acceptors (Lipinski definition) is 10. The molecule has 0 bridgehead atoms. The Hall–Kier alpha value is -1.98. The summed E-state index contributed by atoms with van der Waals surface area (Å²) in [6.45, 7) is 4.21. The van der Waals surface area contributed by atoms with Gasteiger partial charge in [-0.1, -0.05) is 0 Å². The fourth-order valence-corrected chi connectivity index (χ4v) is 2.48. The molecule has 0 unspecified atom stereocenters. The van der Waals surface area contributed by atoms with Gasteiger partial charge in [-0.25, -0.2) is 13.2 Å². The van der Waals surface area contributed by atoms with Gasteiger partial charge in [-0.05, 0) is 0 Å². The zero-order valence-corrected chi connectivity index (χ0v) is 20.8. The van der Waals surface area contributed by atoms with Crippen molar-refractivity contribution in [3.63, 3.8) is 0 Å². The first-order valence-corrected chi connectivity index (χ1v) is 11.8. The first-order valence-electron chi connectivity index (χ1n) is 11.8. The Morgan fingerprint density at radius 1 is 0.474 bits per heavy atom. The molecule has 0 aromatic heterocycles. The average molecular weight is 564 g/mol. The predicted octanol–water partition coefficient (Wildman–Crippen LogP) is 1.79. The fraction of sp³-hybridized carbons (Fsp3) is 0.696. The molecule has 38 heavy (non-hydrogen) atoms. The van der Waals surface area contributed by atoms with E-state index in [9.17, 15) is 26.7 Å². The highest BCUT2D eigenvalue weighted by Crippen LogP contribution is 2.29. The summed E-state index contributed by atoms with van der Waals surface area (Å²) in [5.74, 6) is -14.1. The summed E-state index contributed by atoms with van der Waals surface area (Å²) in [6, 6.07) is 0. The highest BCUT2D eigenvalue weighted by Gasteiger charge is 2.28. The van der Waals surface area contributed by atoms with Crippen molar-refractivity contribution in [2.45, 2.75) is 6.42 Å². The molecule has 1 rings (SSSR count). The molecule has 0 aliphatic carbocycles. The molecule has 0 heterocycles. The zero-order valence-electron chi connectivity index (χ0n) is 20.8. The first kappa shape index (κ1) is 34.0. The van der Waals surface area contributed by atoms with E-state index in [1.54, 1.807) is 0 Å². The van der Waals surface area contributed by atoms with E-state index in [4.69, 9.17) is 38.3 Å². The number of benzene rings is 1. The van der Waals surface area contributed by atoms with Gasteiger partial charge in [-0.15, -0.1) is 0 Å². The fourth-order valence-electron chi connectivity index (χ4n) is 2.48. The summed E-state index contributed by atoms with van der Waals surface area (Å²) in [5, 5.41) is 8.53. The number of esters is 1. The number of rotatable bonds is 24. The van der Waals surface area contributed by atoms with E-state index < -0.39 is 47.2 Å². The van der Waals surface area contributed by atoms with E-state index in [-0.39, 0.29) is 33.0 Å². The van der Waals surface area contributed by atoms with Gasteiger partial charge in [0.1, 0.15) is 0 Å². The molecule has 1 N–H and O–H groups in total. The molecule has 0 radical (unpaired) electrons. The lowest BCUT2D eigenvalue weighted by Crippen LogP contribution is -2.16. The Balaban J connectivity index is 1.88. The van der Waals surface area contributed by atoms with Crippen LogP contribution in [0.25, 0.3) is 0 Å². The Labute approximate surface area is 216 Å². The summed E-state index contributed by atoms with van der Waals surface area (Å²) in [4.78, 5) is 11.6. The lowest BCUT2D eigenvalue weighted by atomic mass is 10.2. The van der Waals surface area contributed by atoms with Gasteiger partial charge in [0.05, 0.1) is 106 Å². The van der Waals surface area contributed by atoms with Crippen LogP contribution in [-0.4, -0.2) is 110 Å². The van der Waals surface area contributed by atoms with Crippen LogP contribution in [0.1, 0.15) is 6.42 Å². The van der Waals surface area contributed by atoms with Crippen molar-refractivity contribution >= 4 is 5.97 Å². The van der Waals surface area contributed by atoms with Crippen molar-refractivity contribution in [3.05, 3.63) is 29.1 Å². The van der Waals surface area contributed by atoms with Crippen molar-refractivity contribution in [2.24, 2.45) is 0 Å². The minimum atomic E-state index is -2.35. The zero-order chi connectivity index (χ0) is 28.0. The van der Waals surface area contributed by atoms with Crippen LogP contribution in [0.5, 0.6) is 5.75 Å². The molecule has 0 saturated carbocycles. The van der Waals surface area contributed by atoms with Crippen LogP contribution in [0, 0.1) is 29.1 Å². The van der Waals surface area contributed by atoms with Gasteiger partial charge < -0.3 is 43.0 Å². The molecule has 10 nitrogen and oxygen atoms in total. The van der Waals surface area contributed by atoms with Gasteiger partial charge in [0, 0.05) is 0 Å². The standard InChI is InChI=1S/C23H33F5O10/c24-18-19(25)21(27)23(22(28)20(18)26)38-17(30)1-3-31-5-7-33-9-11-35-13-15-37-16-14-36-12-10-34-8-6-32-4-2-29/h29H,1-16H2. The Bertz CT molecular complexity index is 758. The van der Waals surface area contributed by atoms with Crippen LogP contribution >= 0.6 is 0 Å². The van der Waals surface area contributed by atoms with Crippen molar-refractivity contribution in [1.29, 1.82) is 0 Å². The van der Waals surface area contributed by atoms with Crippen LogP contribution in [0.3, 0.4) is 0 Å². The van der Waals surface area contributed by atoms with E-state index in [1.165, 1.54) is 0 Å². The van der Waals surface area contributed by atoms with Crippen molar-refractivity contribution in [1.82, 2.24) is 0 Å². The van der Waals surface area contributed by atoms with Crippen molar-refractivity contribution in [3.8, 4) is 5.75 Å². The summed E-state index contributed by atoms with van der Waals surface area (Å²) < 4.78 is 107. The normalized spacial score (nSPS) is 11.3. The minimum absolute atomic E-state index is 0.0138. The maximum Gasteiger partial charge on any atom is 0.313 e. The van der Waals surface area contributed by atoms with Crippen LogP contribution in [0.2, 0.25) is 0 Å². The van der Waals surface area contributed by atoms with E-state index in [2.05, 4.69) is 4.74 Å². The number of halogens is 5. The molecule has 0 spiro atoms. The molecule has 0 aliphatic rings. The van der Waals surface area contributed by atoms with Gasteiger partial charge in [0.2, 0.25) is 34.8 Å². The molecular weight excluding hydrogens is 531 g/mol. The molecule has 15 heteroatoms. The van der Waals surface area contributed by atoms with E-state index in [1.807, 2.05) is 0 Å². The van der Waals surface area contributed by atoms with Gasteiger partial charge in [0.25, 0.3) is 0 Å². The predicted molar refractivity (Wildman–Crippen MR) is 119 cm³/mol. The maximum absolute atomic E-state index is 13.5. The molecule has 0 atom stereocenters. The molecule has 1 aromatic rings. The van der Waals surface area contributed by atoms with Crippen LogP contribution < -0.4 is 4.74 Å². The summed E-state index contributed by atoms with van der Waals surface area (Å²) in [5.41, 5.74) is 0. The first-order chi connectivity index (χ1) is 18.4. The van der Waals surface area contributed by atoms with E-state index in [0.717, 1.165) is 0 Å². The third-order valence-electron chi connectivity index (χ3n) is 4.30. The molecular formula is C23H33F5O10. The van der Waals surface area contributed by atoms with Crippen molar-refractivity contribution in [2.75, 3.05) is 99.1 Å². The summed E-state index contributed by atoms with van der Waals surface area (Å²) in [6.07, 6.45) is -0.483. The number of aliphatic hydroxyl groups excluding tert-OH is 1. The van der Waals surface area contributed by atoms with Crippen molar-refractivity contribution < 1.29 is 69.7 Å². The molecule has 0 amide bonds. The van der Waals surface area contributed by atoms with E-state index >= 15 is 0 Å². The molecule has 0 saturated heterocycles. The average Bonchev–Trinajstić information content (AvgIpc) is 2.91. The van der Waals surface area contributed by atoms with Gasteiger partial charge >= 0.3 is 5.97 Å². The Kier molecular flexibility index (Phi) is 19.6. The largest absolute Gasteiger partial charge is 0.420 e. The summed E-state index contributed by atoms with van der Waals surface area (Å²) in [7, 11) is 0. The second kappa shape index (κ2) is 21.9. The van der Waals surface area contributed by atoms with Gasteiger partial charge in [-0.3, -0.25) is 4.79 Å². The van der Waals surface area contributed by atoms with E-state index in [0.29, 0.717) is 66.1 Å². The second-order valence-corrected chi connectivity index (χ2v) is 7.13. The SMILES string of the molecule is O=C(CCOCCOCCOCCOCCOCCOCCOCCO)Oc1c(F)c(F)c(F)c(F)c1F. The van der Waals surface area contributed by atoms with Crippen LogP contribution in [-0.2, 0) is 38.0 Å². The molecule has 1 aromatic carbocycles. The molecule has 220 valence electrons. The third kappa shape index (κ3) is 14.8. The third-order valence-corrected chi connectivity index (χ3v) is 4.30. The molecule has 0 aliphatic heterocycles. The number of hydrogen-bond donors (Lipinski definition) is 1. The Morgan fingerprint density at radius 2 is 0.763 bits per heavy atom. The number of carbonyl (C=O) groups excluding carboxylic acids is 1.